The number of aliphatic hydroxyl groups excluding tert-OH is 1. The van der Waals surface area contributed by atoms with Crippen LogP contribution in [0.4, 0.5) is 0 Å². The average molecular weight is 162 g/mol. The Kier molecular flexibility index (Phi) is 1.59. The van der Waals surface area contributed by atoms with E-state index in [-0.39, 0.29) is 0 Å². The molecule has 0 spiro atoms. The van der Waals surface area contributed by atoms with E-state index in [1.54, 1.807) is 11.6 Å². The number of hydrogen-bond acceptors (Lipinski definition) is 2. The molecule has 0 aliphatic heterocycles. The monoisotopic (exact) mass is 162 g/mol. The summed E-state index contributed by atoms with van der Waals surface area (Å²) in [7, 11) is 0. The van der Waals surface area contributed by atoms with Crippen molar-refractivity contribution in [1.82, 2.24) is 9.78 Å². The molecule has 3 nitrogen and oxygen atoms in total. The molecule has 0 saturated carbocycles. The summed E-state index contributed by atoms with van der Waals surface area (Å²) in [6.45, 7) is 1.69. The minimum atomic E-state index is -0.558. The van der Waals surface area contributed by atoms with E-state index < -0.39 is 6.23 Å². The highest BCUT2D eigenvalue weighted by atomic mass is 16.3. The van der Waals surface area contributed by atoms with E-state index in [9.17, 15) is 5.11 Å². The minimum absolute atomic E-state index is 0.558. The van der Waals surface area contributed by atoms with Gasteiger partial charge in [-0.3, -0.25) is 0 Å². The van der Waals surface area contributed by atoms with Crippen molar-refractivity contribution >= 4 is 10.9 Å². The molecule has 1 aromatic carbocycles. The number of aromatic nitrogens is 2. The molecule has 1 atom stereocenters. The van der Waals surface area contributed by atoms with Crippen LogP contribution < -0.4 is 0 Å². The van der Waals surface area contributed by atoms with Crippen LogP contribution >= 0.6 is 0 Å². The first-order valence-electron chi connectivity index (χ1n) is 3.89. The summed E-state index contributed by atoms with van der Waals surface area (Å²) in [6, 6.07) is 7.79. The molecule has 2 aromatic rings. The van der Waals surface area contributed by atoms with Gasteiger partial charge in [0.2, 0.25) is 0 Å². The van der Waals surface area contributed by atoms with Gasteiger partial charge in [-0.15, -0.1) is 0 Å². The van der Waals surface area contributed by atoms with Crippen LogP contribution in [-0.2, 0) is 0 Å². The highest BCUT2D eigenvalue weighted by molar-refractivity contribution is 5.77. The van der Waals surface area contributed by atoms with Gasteiger partial charge in [-0.05, 0) is 13.0 Å². The fourth-order valence-electron chi connectivity index (χ4n) is 1.17. The van der Waals surface area contributed by atoms with Crippen LogP contribution in [0.3, 0.4) is 0 Å². The smallest absolute Gasteiger partial charge is 0.144 e. The molecule has 1 N–H and O–H groups in total. The lowest BCUT2D eigenvalue weighted by molar-refractivity contribution is 0.111. The van der Waals surface area contributed by atoms with Gasteiger partial charge in [0, 0.05) is 11.6 Å². The molecule has 1 unspecified atom stereocenters. The zero-order valence-electron chi connectivity index (χ0n) is 6.81. The molecule has 0 bridgehead atoms. The van der Waals surface area contributed by atoms with Gasteiger partial charge < -0.3 is 5.11 Å². The van der Waals surface area contributed by atoms with Gasteiger partial charge in [-0.2, -0.15) is 5.10 Å². The Morgan fingerprint density at radius 3 is 2.83 bits per heavy atom. The van der Waals surface area contributed by atoms with E-state index in [0.717, 1.165) is 10.9 Å². The fraction of sp³-hybridized carbons (Fsp3) is 0.222. The lowest BCUT2D eigenvalue weighted by Gasteiger charge is -2.01. The van der Waals surface area contributed by atoms with Crippen LogP contribution in [0.1, 0.15) is 13.2 Å². The summed E-state index contributed by atoms with van der Waals surface area (Å²) in [5.41, 5.74) is 0.915. The summed E-state index contributed by atoms with van der Waals surface area (Å²) in [6.07, 6.45) is 1.28. The van der Waals surface area contributed by atoms with Crippen molar-refractivity contribution in [2.75, 3.05) is 0 Å². The Bertz CT molecular complexity index is 359. The lowest BCUT2D eigenvalue weighted by atomic mass is 10.3. The first-order valence-corrected chi connectivity index (χ1v) is 3.89. The minimum Gasteiger partial charge on any atom is -0.372 e. The summed E-state index contributed by atoms with van der Waals surface area (Å²) in [4.78, 5) is 0. The molecule has 62 valence electrons. The Labute approximate surface area is 70.2 Å². The molecule has 1 heterocycles. The Balaban J connectivity index is 2.62. The average Bonchev–Trinajstić information content (AvgIpc) is 2.46. The molecule has 1 aromatic heterocycles. The number of hydrogen-bond donors (Lipinski definition) is 1. The maximum Gasteiger partial charge on any atom is 0.144 e. The Morgan fingerprint density at radius 1 is 1.42 bits per heavy atom. The molecular formula is C9H10N2O. The van der Waals surface area contributed by atoms with Crippen molar-refractivity contribution in [3.8, 4) is 0 Å². The molecule has 0 fully saturated rings. The van der Waals surface area contributed by atoms with Crippen LogP contribution in [0.5, 0.6) is 0 Å². The number of fused-ring (bicyclic) bond motifs is 1. The van der Waals surface area contributed by atoms with Crippen molar-refractivity contribution in [2.24, 2.45) is 0 Å². The SMILES string of the molecule is CC(O)n1cc2ccccc2n1. The highest BCUT2D eigenvalue weighted by Crippen LogP contribution is 2.12. The fourth-order valence-corrected chi connectivity index (χ4v) is 1.17. The van der Waals surface area contributed by atoms with Gasteiger partial charge in [-0.1, -0.05) is 18.2 Å². The largest absolute Gasteiger partial charge is 0.372 e. The molecule has 2 rings (SSSR count). The van der Waals surface area contributed by atoms with E-state index in [1.807, 2.05) is 30.5 Å². The molecule has 0 aliphatic rings. The predicted molar refractivity (Wildman–Crippen MR) is 46.7 cm³/mol. The van der Waals surface area contributed by atoms with Gasteiger partial charge in [0.1, 0.15) is 6.23 Å². The molecular weight excluding hydrogens is 152 g/mol. The second-order valence-corrected chi connectivity index (χ2v) is 2.80. The van der Waals surface area contributed by atoms with Crippen molar-refractivity contribution in [3.05, 3.63) is 30.5 Å². The number of rotatable bonds is 1. The van der Waals surface area contributed by atoms with Gasteiger partial charge in [0.25, 0.3) is 0 Å². The van der Waals surface area contributed by atoms with Crippen molar-refractivity contribution in [3.63, 3.8) is 0 Å². The number of nitrogens with zero attached hydrogens (tertiary/aromatic N) is 2. The molecule has 0 radical (unpaired) electrons. The summed E-state index contributed by atoms with van der Waals surface area (Å²) in [5, 5.41) is 14.5. The molecule has 0 aliphatic carbocycles. The van der Waals surface area contributed by atoms with Crippen LogP contribution in [0.15, 0.2) is 30.5 Å². The molecule has 12 heavy (non-hydrogen) atoms. The number of benzene rings is 1. The van der Waals surface area contributed by atoms with E-state index in [4.69, 9.17) is 0 Å². The maximum atomic E-state index is 9.23. The zero-order chi connectivity index (χ0) is 8.55. The van der Waals surface area contributed by atoms with Crippen molar-refractivity contribution in [2.45, 2.75) is 13.2 Å². The third kappa shape index (κ3) is 1.08. The second-order valence-electron chi connectivity index (χ2n) is 2.80. The maximum absolute atomic E-state index is 9.23. The molecule has 3 heteroatoms. The summed E-state index contributed by atoms with van der Waals surface area (Å²) in [5.74, 6) is 0. The van der Waals surface area contributed by atoms with Crippen molar-refractivity contribution in [1.29, 1.82) is 0 Å². The molecule has 0 amide bonds. The number of aliphatic hydroxyl groups is 1. The van der Waals surface area contributed by atoms with Gasteiger partial charge >= 0.3 is 0 Å². The van der Waals surface area contributed by atoms with Crippen molar-refractivity contribution < 1.29 is 5.11 Å². The quantitative estimate of drug-likeness (QED) is 0.690. The standard InChI is InChI=1S/C9H10N2O/c1-7(12)11-6-8-4-2-3-5-9(8)10-11/h2-7,12H,1H3. The van der Waals surface area contributed by atoms with E-state index in [0.29, 0.717) is 0 Å². The van der Waals surface area contributed by atoms with Crippen LogP contribution in [0.25, 0.3) is 10.9 Å². The Morgan fingerprint density at radius 2 is 2.17 bits per heavy atom. The van der Waals surface area contributed by atoms with Gasteiger partial charge in [0.15, 0.2) is 0 Å². The second kappa shape index (κ2) is 2.60. The first kappa shape index (κ1) is 7.31. The first-order chi connectivity index (χ1) is 5.77. The third-order valence-corrected chi connectivity index (χ3v) is 1.81. The van der Waals surface area contributed by atoms with E-state index >= 15 is 0 Å². The normalized spacial score (nSPS) is 13.5. The van der Waals surface area contributed by atoms with E-state index in [2.05, 4.69) is 5.10 Å². The van der Waals surface area contributed by atoms with Gasteiger partial charge in [-0.25, -0.2) is 4.68 Å². The Hall–Kier alpha value is -1.35. The molecule has 0 saturated heterocycles. The summed E-state index contributed by atoms with van der Waals surface area (Å²) >= 11 is 0. The van der Waals surface area contributed by atoms with Crippen LogP contribution in [0.2, 0.25) is 0 Å². The topological polar surface area (TPSA) is 38.0 Å². The summed E-state index contributed by atoms with van der Waals surface area (Å²) < 4.78 is 1.55. The van der Waals surface area contributed by atoms with E-state index in [1.165, 1.54) is 0 Å². The zero-order valence-corrected chi connectivity index (χ0v) is 6.81. The van der Waals surface area contributed by atoms with Gasteiger partial charge in [0.05, 0.1) is 5.52 Å². The van der Waals surface area contributed by atoms with Crippen LogP contribution in [-0.4, -0.2) is 14.9 Å². The third-order valence-electron chi connectivity index (χ3n) is 1.81. The lowest BCUT2D eigenvalue weighted by Crippen LogP contribution is -2.03. The van der Waals surface area contributed by atoms with Crippen LogP contribution in [0, 0.1) is 0 Å². The highest BCUT2D eigenvalue weighted by Gasteiger charge is 2.01. The predicted octanol–water partition coefficient (Wildman–Crippen LogP) is 1.55.